The normalized spacial score (nSPS) is 26.8. The predicted octanol–water partition coefficient (Wildman–Crippen LogP) is 1.51. The van der Waals surface area contributed by atoms with Gasteiger partial charge in [0.05, 0.1) is 5.92 Å². The van der Waals surface area contributed by atoms with Gasteiger partial charge in [0.1, 0.15) is 11.6 Å². The van der Waals surface area contributed by atoms with E-state index >= 15 is 0 Å². The molecular formula is C15H24N4O2. The Kier molecular flexibility index (Phi) is 3.97. The summed E-state index contributed by atoms with van der Waals surface area (Å²) >= 11 is 0. The fraction of sp³-hybridized carbons (Fsp3) is 0.800. The van der Waals surface area contributed by atoms with Crippen LogP contribution < -0.4 is 0 Å². The van der Waals surface area contributed by atoms with Gasteiger partial charge in [0.2, 0.25) is 0 Å². The summed E-state index contributed by atoms with van der Waals surface area (Å²) in [7, 11) is 0. The van der Waals surface area contributed by atoms with Crippen LogP contribution in [0.4, 0.5) is 0 Å². The lowest BCUT2D eigenvalue weighted by Gasteiger charge is -2.35. The molecule has 1 aromatic heterocycles. The molecule has 0 saturated carbocycles. The Morgan fingerprint density at radius 3 is 2.81 bits per heavy atom. The Bertz CT molecular complexity index is 526. The van der Waals surface area contributed by atoms with E-state index < -0.39 is 5.97 Å². The van der Waals surface area contributed by atoms with E-state index in [4.69, 9.17) is 5.11 Å². The van der Waals surface area contributed by atoms with Gasteiger partial charge in [-0.1, -0.05) is 0 Å². The molecule has 2 atom stereocenters. The van der Waals surface area contributed by atoms with Crippen molar-refractivity contribution >= 4 is 5.97 Å². The summed E-state index contributed by atoms with van der Waals surface area (Å²) in [6.07, 6.45) is 3.56. The average Bonchev–Trinajstić information content (AvgIpc) is 2.90. The first-order valence-corrected chi connectivity index (χ1v) is 7.95. The molecule has 2 unspecified atom stereocenters. The van der Waals surface area contributed by atoms with Crippen molar-refractivity contribution in [2.75, 3.05) is 13.1 Å². The van der Waals surface area contributed by atoms with Crippen molar-refractivity contribution in [3.8, 4) is 0 Å². The van der Waals surface area contributed by atoms with Gasteiger partial charge in [-0.25, -0.2) is 0 Å². The van der Waals surface area contributed by atoms with Crippen LogP contribution in [0.2, 0.25) is 0 Å². The summed E-state index contributed by atoms with van der Waals surface area (Å²) in [5, 5.41) is 17.8. The predicted molar refractivity (Wildman–Crippen MR) is 78.2 cm³/mol. The number of hydrogen-bond acceptors (Lipinski definition) is 4. The highest BCUT2D eigenvalue weighted by Crippen LogP contribution is 2.30. The molecule has 1 fully saturated rings. The zero-order valence-electron chi connectivity index (χ0n) is 12.8. The average molecular weight is 292 g/mol. The summed E-state index contributed by atoms with van der Waals surface area (Å²) in [5.41, 5.74) is 0. The van der Waals surface area contributed by atoms with E-state index in [1.807, 2.05) is 0 Å². The monoisotopic (exact) mass is 292 g/mol. The third-order valence-electron chi connectivity index (χ3n) is 4.88. The van der Waals surface area contributed by atoms with Gasteiger partial charge >= 0.3 is 5.97 Å². The van der Waals surface area contributed by atoms with Gasteiger partial charge in [-0.05, 0) is 39.7 Å². The number of aliphatic carboxylic acids is 1. The smallest absolute Gasteiger partial charge is 0.307 e. The van der Waals surface area contributed by atoms with Crippen molar-refractivity contribution in [3.63, 3.8) is 0 Å². The summed E-state index contributed by atoms with van der Waals surface area (Å²) in [5.74, 6) is 1.34. The van der Waals surface area contributed by atoms with Crippen LogP contribution >= 0.6 is 0 Å². The van der Waals surface area contributed by atoms with Crippen LogP contribution in [0.15, 0.2) is 0 Å². The van der Waals surface area contributed by atoms with Gasteiger partial charge < -0.3 is 14.6 Å². The lowest BCUT2D eigenvalue weighted by molar-refractivity contribution is -0.142. The molecule has 6 heteroatoms. The highest BCUT2D eigenvalue weighted by molar-refractivity contribution is 5.70. The van der Waals surface area contributed by atoms with E-state index in [1.165, 1.54) is 6.42 Å². The van der Waals surface area contributed by atoms with Gasteiger partial charge in [0, 0.05) is 31.5 Å². The van der Waals surface area contributed by atoms with E-state index in [0.29, 0.717) is 24.8 Å². The maximum Gasteiger partial charge on any atom is 0.307 e. The molecule has 2 aliphatic rings. The Labute approximate surface area is 125 Å². The number of fused-ring (bicyclic) bond motifs is 1. The van der Waals surface area contributed by atoms with Crippen molar-refractivity contribution in [1.82, 2.24) is 19.7 Å². The minimum Gasteiger partial charge on any atom is -0.481 e. The second kappa shape index (κ2) is 5.75. The zero-order valence-corrected chi connectivity index (χ0v) is 12.8. The Hall–Kier alpha value is -1.43. The summed E-state index contributed by atoms with van der Waals surface area (Å²) < 4.78 is 2.17. The van der Waals surface area contributed by atoms with Crippen LogP contribution in [0.3, 0.4) is 0 Å². The highest BCUT2D eigenvalue weighted by Gasteiger charge is 2.32. The van der Waals surface area contributed by atoms with E-state index in [1.54, 1.807) is 0 Å². The third-order valence-corrected chi connectivity index (χ3v) is 4.88. The summed E-state index contributed by atoms with van der Waals surface area (Å²) in [6, 6.07) is 0.563. The number of piperidine rings is 1. The molecule has 6 nitrogen and oxygen atoms in total. The molecule has 3 heterocycles. The SMILES string of the molecule is CC(C)N1CCCC(c2nnc3n2CCC(C(=O)O)C3)C1. The molecule has 0 radical (unpaired) electrons. The van der Waals surface area contributed by atoms with Crippen molar-refractivity contribution < 1.29 is 9.90 Å². The Morgan fingerprint density at radius 2 is 2.10 bits per heavy atom. The molecule has 0 aliphatic carbocycles. The van der Waals surface area contributed by atoms with Gasteiger partial charge in [-0.2, -0.15) is 0 Å². The third kappa shape index (κ3) is 2.81. The molecule has 0 aromatic carbocycles. The molecule has 1 aromatic rings. The van der Waals surface area contributed by atoms with E-state index in [0.717, 1.165) is 37.7 Å². The number of rotatable bonds is 3. The fourth-order valence-electron chi connectivity index (χ4n) is 3.55. The van der Waals surface area contributed by atoms with Crippen LogP contribution in [-0.2, 0) is 17.8 Å². The second-order valence-corrected chi connectivity index (χ2v) is 6.58. The van der Waals surface area contributed by atoms with Crippen LogP contribution in [0.5, 0.6) is 0 Å². The van der Waals surface area contributed by atoms with Crippen molar-refractivity contribution in [3.05, 3.63) is 11.6 Å². The Balaban J connectivity index is 1.77. The first kappa shape index (κ1) is 14.5. The van der Waals surface area contributed by atoms with Crippen molar-refractivity contribution in [2.45, 2.75) is 58.0 Å². The molecule has 2 aliphatic heterocycles. The number of aromatic nitrogens is 3. The Morgan fingerprint density at radius 1 is 1.29 bits per heavy atom. The minimum absolute atomic E-state index is 0.298. The topological polar surface area (TPSA) is 71.2 Å². The standard InChI is InChI=1S/C15H24N4O2/c1-10(2)18-6-3-4-12(9-18)14-17-16-13-8-11(15(20)21)5-7-19(13)14/h10-12H,3-9H2,1-2H3,(H,20,21). The van der Waals surface area contributed by atoms with Gasteiger partial charge in [0.15, 0.2) is 0 Å². The molecule has 3 rings (SSSR count). The highest BCUT2D eigenvalue weighted by atomic mass is 16.4. The largest absolute Gasteiger partial charge is 0.481 e. The first-order valence-electron chi connectivity index (χ1n) is 7.95. The van der Waals surface area contributed by atoms with Gasteiger partial charge in [0.25, 0.3) is 0 Å². The number of carboxylic acid groups (broad SMARTS) is 1. The first-order chi connectivity index (χ1) is 10.1. The van der Waals surface area contributed by atoms with Crippen LogP contribution in [0.25, 0.3) is 0 Å². The van der Waals surface area contributed by atoms with Gasteiger partial charge in [-0.15, -0.1) is 10.2 Å². The van der Waals surface area contributed by atoms with Crippen LogP contribution in [0.1, 0.15) is 50.7 Å². The molecule has 0 spiro atoms. The summed E-state index contributed by atoms with van der Waals surface area (Å²) in [6.45, 7) is 7.42. The molecule has 0 amide bonds. The molecule has 1 saturated heterocycles. The number of carboxylic acids is 1. The number of likely N-dealkylation sites (tertiary alicyclic amines) is 1. The van der Waals surface area contributed by atoms with E-state index in [9.17, 15) is 4.79 Å². The van der Waals surface area contributed by atoms with Gasteiger partial charge in [-0.3, -0.25) is 4.79 Å². The van der Waals surface area contributed by atoms with Crippen molar-refractivity contribution in [2.24, 2.45) is 5.92 Å². The molecule has 1 N–H and O–H groups in total. The lowest BCUT2D eigenvalue weighted by atomic mass is 9.94. The molecular weight excluding hydrogens is 268 g/mol. The quantitative estimate of drug-likeness (QED) is 0.914. The maximum absolute atomic E-state index is 11.1. The number of hydrogen-bond donors (Lipinski definition) is 1. The zero-order chi connectivity index (χ0) is 15.0. The van der Waals surface area contributed by atoms with Crippen LogP contribution in [0, 0.1) is 5.92 Å². The summed E-state index contributed by atoms with van der Waals surface area (Å²) in [4.78, 5) is 13.6. The van der Waals surface area contributed by atoms with E-state index in [-0.39, 0.29) is 5.92 Å². The van der Waals surface area contributed by atoms with Crippen LogP contribution in [-0.4, -0.2) is 49.9 Å². The number of carbonyl (C=O) groups is 1. The molecule has 0 bridgehead atoms. The lowest BCUT2D eigenvalue weighted by Crippen LogP contribution is -2.40. The van der Waals surface area contributed by atoms with Crippen molar-refractivity contribution in [1.29, 1.82) is 0 Å². The number of nitrogens with zero attached hydrogens (tertiary/aromatic N) is 4. The fourth-order valence-corrected chi connectivity index (χ4v) is 3.55. The molecule has 21 heavy (non-hydrogen) atoms. The maximum atomic E-state index is 11.1. The molecule has 116 valence electrons. The minimum atomic E-state index is -0.713. The van der Waals surface area contributed by atoms with E-state index in [2.05, 4.69) is 33.5 Å². The second-order valence-electron chi connectivity index (χ2n) is 6.58.